The molecule has 1 aliphatic heterocycles. The normalized spacial score (nSPS) is 28.9. The molecule has 0 aromatic rings. The van der Waals surface area contributed by atoms with Gasteiger partial charge in [0.1, 0.15) is 24.4 Å². The molecular formula is C16H29NO8. The fraction of sp³-hybridized carbons (Fsp3) is 0.875. The molecule has 0 aromatic heterocycles. The molecule has 1 aliphatic rings. The van der Waals surface area contributed by atoms with E-state index in [0.717, 1.165) is 0 Å². The molecule has 146 valence electrons. The van der Waals surface area contributed by atoms with Crippen molar-refractivity contribution < 1.29 is 39.1 Å². The molecule has 1 rings (SSSR count). The second-order valence-electron chi connectivity index (χ2n) is 6.04. The van der Waals surface area contributed by atoms with Gasteiger partial charge in [0.2, 0.25) is 0 Å². The van der Waals surface area contributed by atoms with Crippen molar-refractivity contribution in [2.45, 2.75) is 70.1 Å². The average Bonchev–Trinajstić information content (AvgIpc) is 2.55. The minimum atomic E-state index is -1.29. The number of rotatable bonds is 9. The van der Waals surface area contributed by atoms with E-state index in [1.165, 1.54) is 0 Å². The molecule has 0 bridgehead atoms. The lowest BCUT2D eigenvalue weighted by Gasteiger charge is -2.36. The Bertz CT molecular complexity index is 432. The Kier molecular flexibility index (Phi) is 9.30. The lowest BCUT2D eigenvalue weighted by atomic mass is 9.95. The van der Waals surface area contributed by atoms with E-state index in [0.29, 0.717) is 0 Å². The maximum atomic E-state index is 12.0. The zero-order valence-electron chi connectivity index (χ0n) is 14.9. The molecule has 25 heavy (non-hydrogen) atoms. The molecule has 4 N–H and O–H groups in total. The van der Waals surface area contributed by atoms with Crippen LogP contribution in [-0.4, -0.2) is 83.6 Å². The fourth-order valence-corrected chi connectivity index (χ4v) is 2.67. The number of carbonyl (C=O) groups is 2. The van der Waals surface area contributed by atoms with Crippen molar-refractivity contribution in [3.8, 4) is 0 Å². The first kappa shape index (κ1) is 21.8. The minimum absolute atomic E-state index is 0.0836. The summed E-state index contributed by atoms with van der Waals surface area (Å²) in [6.45, 7) is 5.41. The Morgan fingerprint density at radius 1 is 1.16 bits per heavy atom. The smallest absolute Gasteiger partial charge is 0.323 e. The summed E-state index contributed by atoms with van der Waals surface area (Å²) in [5.41, 5.74) is 0. The Morgan fingerprint density at radius 3 is 2.40 bits per heavy atom. The Hall–Kier alpha value is -1.26. The predicted octanol–water partition coefficient (Wildman–Crippen LogP) is -1.28. The van der Waals surface area contributed by atoms with E-state index in [4.69, 9.17) is 14.2 Å². The third-order valence-electron chi connectivity index (χ3n) is 3.92. The van der Waals surface area contributed by atoms with Crippen LogP contribution in [0.1, 0.15) is 33.6 Å². The summed E-state index contributed by atoms with van der Waals surface area (Å²) in [5, 5.41) is 32.1. The molecule has 0 radical (unpaired) electrons. The maximum Gasteiger partial charge on any atom is 0.323 e. The summed E-state index contributed by atoms with van der Waals surface area (Å²) in [5.74, 6) is -1.09. The highest BCUT2D eigenvalue weighted by Gasteiger charge is 2.38. The number of nitrogens with one attached hydrogen (secondary N) is 1. The zero-order chi connectivity index (χ0) is 19.0. The monoisotopic (exact) mass is 363 g/mol. The maximum absolute atomic E-state index is 12.0. The standard InChI is InChI=1S/C16H29NO8/c1-4-23-13(19)7-10(16(22)24-5-2)17-9(3)6-12-15(21)14(20)11(18)8-25-12/h9-12,14-15,17-18,20-21H,4-8H2,1-3H3. The quantitative estimate of drug-likeness (QED) is 0.369. The van der Waals surface area contributed by atoms with Crippen LogP contribution in [0.4, 0.5) is 0 Å². The van der Waals surface area contributed by atoms with Crippen LogP contribution in [-0.2, 0) is 23.8 Å². The van der Waals surface area contributed by atoms with Gasteiger partial charge in [0, 0.05) is 6.04 Å². The van der Waals surface area contributed by atoms with Gasteiger partial charge < -0.3 is 34.8 Å². The molecule has 0 amide bonds. The molecule has 0 aliphatic carbocycles. The van der Waals surface area contributed by atoms with E-state index < -0.39 is 42.4 Å². The van der Waals surface area contributed by atoms with Gasteiger partial charge in [-0.2, -0.15) is 0 Å². The van der Waals surface area contributed by atoms with E-state index in [-0.39, 0.29) is 38.7 Å². The van der Waals surface area contributed by atoms with Crippen molar-refractivity contribution >= 4 is 11.9 Å². The van der Waals surface area contributed by atoms with Gasteiger partial charge in [-0.15, -0.1) is 0 Å². The van der Waals surface area contributed by atoms with E-state index >= 15 is 0 Å². The first-order chi connectivity index (χ1) is 11.8. The lowest BCUT2D eigenvalue weighted by Crippen LogP contribution is -2.55. The van der Waals surface area contributed by atoms with Crippen LogP contribution in [0.3, 0.4) is 0 Å². The highest BCUT2D eigenvalue weighted by atomic mass is 16.5. The Balaban J connectivity index is 2.62. The number of carbonyl (C=O) groups excluding carboxylic acids is 2. The van der Waals surface area contributed by atoms with Crippen molar-refractivity contribution in [2.75, 3.05) is 19.8 Å². The highest BCUT2D eigenvalue weighted by molar-refractivity contribution is 5.82. The predicted molar refractivity (Wildman–Crippen MR) is 86.6 cm³/mol. The van der Waals surface area contributed by atoms with Crippen LogP contribution in [0.25, 0.3) is 0 Å². The van der Waals surface area contributed by atoms with Crippen LogP contribution in [0.2, 0.25) is 0 Å². The largest absolute Gasteiger partial charge is 0.466 e. The molecule has 1 fully saturated rings. The van der Waals surface area contributed by atoms with Gasteiger partial charge in [-0.25, -0.2) is 0 Å². The van der Waals surface area contributed by atoms with E-state index in [1.54, 1.807) is 20.8 Å². The Labute approximate surface area is 147 Å². The molecule has 0 saturated carbocycles. The summed E-state index contributed by atoms with van der Waals surface area (Å²) in [7, 11) is 0. The summed E-state index contributed by atoms with van der Waals surface area (Å²) in [4.78, 5) is 23.7. The summed E-state index contributed by atoms with van der Waals surface area (Å²) >= 11 is 0. The van der Waals surface area contributed by atoms with Gasteiger partial charge >= 0.3 is 11.9 Å². The third kappa shape index (κ3) is 6.87. The number of esters is 2. The van der Waals surface area contributed by atoms with Crippen LogP contribution in [0.5, 0.6) is 0 Å². The number of aliphatic hydroxyl groups is 3. The summed E-state index contributed by atoms with van der Waals surface area (Å²) < 4.78 is 15.2. The molecule has 0 aromatic carbocycles. The van der Waals surface area contributed by atoms with E-state index in [9.17, 15) is 24.9 Å². The molecule has 9 heteroatoms. The molecule has 1 saturated heterocycles. The molecule has 6 unspecified atom stereocenters. The lowest BCUT2D eigenvalue weighted by molar-refractivity contribution is -0.189. The van der Waals surface area contributed by atoms with Crippen molar-refractivity contribution in [3.63, 3.8) is 0 Å². The van der Waals surface area contributed by atoms with Crippen LogP contribution < -0.4 is 5.32 Å². The van der Waals surface area contributed by atoms with Crippen molar-refractivity contribution in [3.05, 3.63) is 0 Å². The number of ether oxygens (including phenoxy) is 3. The second-order valence-corrected chi connectivity index (χ2v) is 6.04. The van der Waals surface area contributed by atoms with Gasteiger partial charge in [0.05, 0.1) is 32.3 Å². The Morgan fingerprint density at radius 2 is 1.80 bits per heavy atom. The van der Waals surface area contributed by atoms with Crippen molar-refractivity contribution in [1.29, 1.82) is 0 Å². The molecule has 6 atom stereocenters. The van der Waals surface area contributed by atoms with Gasteiger partial charge in [-0.3, -0.25) is 9.59 Å². The third-order valence-corrected chi connectivity index (χ3v) is 3.92. The fourth-order valence-electron chi connectivity index (χ4n) is 2.67. The molecule has 9 nitrogen and oxygen atoms in total. The first-order valence-corrected chi connectivity index (χ1v) is 8.54. The van der Waals surface area contributed by atoms with E-state index in [2.05, 4.69) is 5.32 Å². The van der Waals surface area contributed by atoms with Crippen LogP contribution in [0.15, 0.2) is 0 Å². The van der Waals surface area contributed by atoms with E-state index in [1.807, 2.05) is 0 Å². The van der Waals surface area contributed by atoms with Crippen molar-refractivity contribution in [2.24, 2.45) is 0 Å². The second kappa shape index (κ2) is 10.7. The first-order valence-electron chi connectivity index (χ1n) is 8.54. The molecular weight excluding hydrogens is 334 g/mol. The van der Waals surface area contributed by atoms with Gasteiger partial charge in [0.25, 0.3) is 0 Å². The number of hydrogen-bond donors (Lipinski definition) is 4. The summed E-state index contributed by atoms with van der Waals surface area (Å²) in [6, 6.07) is -1.21. The van der Waals surface area contributed by atoms with Crippen molar-refractivity contribution in [1.82, 2.24) is 5.32 Å². The zero-order valence-corrected chi connectivity index (χ0v) is 14.9. The van der Waals surface area contributed by atoms with Crippen LogP contribution in [0, 0.1) is 0 Å². The van der Waals surface area contributed by atoms with Gasteiger partial charge in [-0.05, 0) is 27.2 Å². The topological polar surface area (TPSA) is 135 Å². The van der Waals surface area contributed by atoms with Crippen LogP contribution >= 0.6 is 0 Å². The molecule has 1 heterocycles. The minimum Gasteiger partial charge on any atom is -0.466 e. The summed E-state index contributed by atoms with van der Waals surface area (Å²) in [6.07, 6.45) is -4.27. The molecule has 0 spiro atoms. The van der Waals surface area contributed by atoms with Gasteiger partial charge in [-0.1, -0.05) is 0 Å². The number of hydrogen-bond acceptors (Lipinski definition) is 9. The number of aliphatic hydroxyl groups excluding tert-OH is 3. The SMILES string of the molecule is CCOC(=O)CC(NC(C)CC1OCC(O)C(O)C1O)C(=O)OCC. The average molecular weight is 363 g/mol. The van der Waals surface area contributed by atoms with Gasteiger partial charge in [0.15, 0.2) is 0 Å². The highest BCUT2D eigenvalue weighted by Crippen LogP contribution is 2.19.